The van der Waals surface area contributed by atoms with Crippen molar-refractivity contribution < 1.29 is 8.78 Å². The number of hydrogen-bond acceptors (Lipinski definition) is 2. The molecule has 1 atom stereocenters. The molecule has 1 rings (SSSR count). The minimum absolute atomic E-state index is 0.110. The molecule has 0 radical (unpaired) electrons. The molecule has 0 saturated carbocycles. The van der Waals surface area contributed by atoms with Crippen LogP contribution in [0, 0.1) is 0 Å². The fraction of sp³-hybridized carbons (Fsp3) is 1.00. The van der Waals surface area contributed by atoms with Crippen LogP contribution in [-0.4, -0.2) is 37.0 Å². The molecule has 0 spiro atoms. The highest BCUT2D eigenvalue weighted by molar-refractivity contribution is 4.77. The van der Waals surface area contributed by atoms with Gasteiger partial charge in [-0.15, -0.1) is 0 Å². The second-order valence-electron chi connectivity index (χ2n) is 2.70. The van der Waals surface area contributed by atoms with Gasteiger partial charge in [0.05, 0.1) is 6.54 Å². The third-order valence-electron chi connectivity index (χ3n) is 1.71. The predicted molar refractivity (Wildman–Crippen MR) is 35.0 cm³/mol. The van der Waals surface area contributed by atoms with Gasteiger partial charge in [0.1, 0.15) is 0 Å². The highest BCUT2D eigenvalue weighted by Gasteiger charge is 2.21. The second-order valence-corrected chi connectivity index (χ2v) is 2.70. The fourth-order valence-corrected chi connectivity index (χ4v) is 1.22. The molecule has 1 heterocycles. The molecule has 0 aliphatic carbocycles. The molecule has 1 saturated heterocycles. The first-order valence-corrected chi connectivity index (χ1v) is 3.44. The van der Waals surface area contributed by atoms with Crippen molar-refractivity contribution in [1.82, 2.24) is 4.90 Å². The molecule has 1 aliphatic heterocycles. The zero-order valence-corrected chi connectivity index (χ0v) is 5.76. The Labute approximate surface area is 59.0 Å². The van der Waals surface area contributed by atoms with E-state index >= 15 is 0 Å². The standard InChI is InChI=1S/C6H12F2N2/c7-6(8)4-10-2-1-5(9)3-10/h5-6H,1-4,9H2. The lowest BCUT2D eigenvalue weighted by atomic mass is 10.3. The van der Waals surface area contributed by atoms with Crippen LogP contribution in [0.2, 0.25) is 0 Å². The highest BCUT2D eigenvalue weighted by Crippen LogP contribution is 2.08. The second kappa shape index (κ2) is 3.25. The van der Waals surface area contributed by atoms with Crippen LogP contribution in [0.15, 0.2) is 0 Å². The van der Waals surface area contributed by atoms with Crippen molar-refractivity contribution in [2.45, 2.75) is 18.9 Å². The Morgan fingerprint density at radius 1 is 1.60 bits per heavy atom. The summed E-state index contributed by atoms with van der Waals surface area (Å²) in [5.41, 5.74) is 5.51. The Kier molecular flexibility index (Phi) is 2.56. The molecule has 60 valence electrons. The third-order valence-corrected chi connectivity index (χ3v) is 1.71. The summed E-state index contributed by atoms with van der Waals surface area (Å²) in [4.78, 5) is 1.70. The molecular weight excluding hydrogens is 138 g/mol. The first-order valence-electron chi connectivity index (χ1n) is 3.44. The van der Waals surface area contributed by atoms with Gasteiger partial charge >= 0.3 is 0 Å². The molecule has 0 aromatic carbocycles. The summed E-state index contributed by atoms with van der Waals surface area (Å²) in [6, 6.07) is 0.110. The zero-order chi connectivity index (χ0) is 7.56. The van der Waals surface area contributed by atoms with Crippen molar-refractivity contribution >= 4 is 0 Å². The molecule has 2 N–H and O–H groups in total. The molecule has 0 bridgehead atoms. The van der Waals surface area contributed by atoms with Gasteiger partial charge in [0.25, 0.3) is 6.43 Å². The van der Waals surface area contributed by atoms with Gasteiger partial charge < -0.3 is 5.73 Å². The van der Waals surface area contributed by atoms with E-state index in [1.807, 2.05) is 0 Å². The van der Waals surface area contributed by atoms with Crippen molar-refractivity contribution in [1.29, 1.82) is 0 Å². The topological polar surface area (TPSA) is 29.3 Å². The summed E-state index contributed by atoms with van der Waals surface area (Å²) in [6.07, 6.45) is -1.36. The van der Waals surface area contributed by atoms with E-state index in [0.717, 1.165) is 13.0 Å². The molecule has 10 heavy (non-hydrogen) atoms. The number of nitrogens with zero attached hydrogens (tertiary/aromatic N) is 1. The van der Waals surface area contributed by atoms with Crippen molar-refractivity contribution in [2.75, 3.05) is 19.6 Å². The smallest absolute Gasteiger partial charge is 0.251 e. The SMILES string of the molecule is NC1CCN(CC(F)F)C1. The zero-order valence-electron chi connectivity index (χ0n) is 5.76. The van der Waals surface area contributed by atoms with Crippen LogP contribution in [0.25, 0.3) is 0 Å². The molecule has 4 heteroatoms. The van der Waals surface area contributed by atoms with Gasteiger partial charge in [0.15, 0.2) is 0 Å². The van der Waals surface area contributed by atoms with Crippen LogP contribution in [0.5, 0.6) is 0 Å². The summed E-state index contributed by atoms with van der Waals surface area (Å²) in [7, 11) is 0. The maximum Gasteiger partial charge on any atom is 0.251 e. The quantitative estimate of drug-likeness (QED) is 0.612. The molecule has 1 unspecified atom stereocenters. The number of rotatable bonds is 2. The summed E-state index contributed by atoms with van der Waals surface area (Å²) in [5, 5.41) is 0. The van der Waals surface area contributed by atoms with Crippen LogP contribution in [0.1, 0.15) is 6.42 Å². The molecule has 1 aliphatic rings. The maximum atomic E-state index is 11.7. The van der Waals surface area contributed by atoms with Gasteiger partial charge in [-0.2, -0.15) is 0 Å². The van der Waals surface area contributed by atoms with Gasteiger partial charge in [0.2, 0.25) is 0 Å². The number of hydrogen-bond donors (Lipinski definition) is 1. The van der Waals surface area contributed by atoms with Crippen LogP contribution < -0.4 is 5.73 Å². The van der Waals surface area contributed by atoms with Crippen molar-refractivity contribution in [2.24, 2.45) is 5.73 Å². The van der Waals surface area contributed by atoms with Gasteiger partial charge in [0, 0.05) is 12.6 Å². The van der Waals surface area contributed by atoms with E-state index < -0.39 is 6.43 Å². The van der Waals surface area contributed by atoms with E-state index in [-0.39, 0.29) is 12.6 Å². The van der Waals surface area contributed by atoms with Gasteiger partial charge in [-0.25, -0.2) is 8.78 Å². The lowest BCUT2D eigenvalue weighted by Gasteiger charge is -2.13. The summed E-state index contributed by atoms with van der Waals surface area (Å²) in [5.74, 6) is 0. The molecular formula is C6H12F2N2. The van der Waals surface area contributed by atoms with E-state index in [1.165, 1.54) is 0 Å². The lowest BCUT2D eigenvalue weighted by molar-refractivity contribution is 0.0991. The van der Waals surface area contributed by atoms with E-state index in [1.54, 1.807) is 4.90 Å². The van der Waals surface area contributed by atoms with Crippen molar-refractivity contribution in [3.8, 4) is 0 Å². The molecule has 0 aromatic heterocycles. The van der Waals surface area contributed by atoms with Gasteiger partial charge in [-0.3, -0.25) is 4.90 Å². The largest absolute Gasteiger partial charge is 0.326 e. The Hall–Kier alpha value is -0.220. The van der Waals surface area contributed by atoms with Crippen molar-refractivity contribution in [3.05, 3.63) is 0 Å². The normalized spacial score (nSPS) is 28.2. The Morgan fingerprint density at radius 2 is 2.30 bits per heavy atom. The molecule has 0 aromatic rings. The van der Waals surface area contributed by atoms with Gasteiger partial charge in [-0.05, 0) is 13.0 Å². The number of nitrogens with two attached hydrogens (primary N) is 1. The fourth-order valence-electron chi connectivity index (χ4n) is 1.22. The van der Waals surface area contributed by atoms with Crippen LogP contribution >= 0.6 is 0 Å². The Bertz CT molecular complexity index is 108. The molecule has 0 amide bonds. The van der Waals surface area contributed by atoms with Gasteiger partial charge in [-0.1, -0.05) is 0 Å². The monoisotopic (exact) mass is 150 g/mol. The minimum Gasteiger partial charge on any atom is -0.326 e. The maximum absolute atomic E-state index is 11.7. The number of halogens is 2. The minimum atomic E-state index is -2.22. The molecule has 1 fully saturated rings. The summed E-state index contributed by atoms with van der Waals surface area (Å²) >= 11 is 0. The van der Waals surface area contributed by atoms with E-state index in [4.69, 9.17) is 5.73 Å². The third kappa shape index (κ3) is 2.19. The van der Waals surface area contributed by atoms with Crippen molar-refractivity contribution in [3.63, 3.8) is 0 Å². The van der Waals surface area contributed by atoms with E-state index in [2.05, 4.69) is 0 Å². The van der Waals surface area contributed by atoms with Crippen LogP contribution in [0.3, 0.4) is 0 Å². The first-order chi connectivity index (χ1) is 4.68. The first kappa shape index (κ1) is 7.88. The average molecular weight is 150 g/mol. The highest BCUT2D eigenvalue weighted by atomic mass is 19.3. The lowest BCUT2D eigenvalue weighted by Crippen LogP contribution is -2.30. The van der Waals surface area contributed by atoms with E-state index in [0.29, 0.717) is 6.54 Å². The predicted octanol–water partition coefficient (Wildman–Crippen LogP) is 0.284. The number of alkyl halides is 2. The number of likely N-dealkylation sites (tertiary alicyclic amines) is 1. The summed E-state index contributed by atoms with van der Waals surface area (Å²) < 4.78 is 23.5. The summed E-state index contributed by atoms with van der Waals surface area (Å²) in [6.45, 7) is 1.24. The molecule has 2 nitrogen and oxygen atoms in total. The van der Waals surface area contributed by atoms with E-state index in [9.17, 15) is 8.78 Å². The average Bonchev–Trinajstić information content (AvgIpc) is 2.13. The van der Waals surface area contributed by atoms with Crippen LogP contribution in [0.4, 0.5) is 8.78 Å². The Balaban J connectivity index is 2.18. The Morgan fingerprint density at radius 3 is 2.70 bits per heavy atom. The van der Waals surface area contributed by atoms with Crippen LogP contribution in [-0.2, 0) is 0 Å².